The predicted octanol–water partition coefficient (Wildman–Crippen LogP) is 4.17. The molecule has 2 N–H and O–H groups in total. The first-order valence-corrected chi connectivity index (χ1v) is 6.72. The van der Waals surface area contributed by atoms with Crippen molar-refractivity contribution in [3.8, 4) is 10.4 Å². The number of rotatable bonds is 2. The van der Waals surface area contributed by atoms with Gasteiger partial charge in [-0.2, -0.15) is 0 Å². The second kappa shape index (κ2) is 4.63. The minimum absolute atomic E-state index is 0.170. The van der Waals surface area contributed by atoms with Crippen LogP contribution in [0.2, 0.25) is 0 Å². The molecule has 2 aromatic rings. The highest BCUT2D eigenvalue weighted by molar-refractivity contribution is 7.15. The molecule has 0 saturated carbocycles. The zero-order chi connectivity index (χ0) is 12.5. The van der Waals surface area contributed by atoms with Gasteiger partial charge in [-0.1, -0.05) is 45.0 Å². The molecule has 0 atom stereocenters. The molecule has 0 aliphatic heterocycles. The van der Waals surface area contributed by atoms with Crippen LogP contribution in [0.25, 0.3) is 10.4 Å². The van der Waals surface area contributed by atoms with Crippen LogP contribution >= 0.6 is 11.3 Å². The third kappa shape index (κ3) is 2.59. The van der Waals surface area contributed by atoms with Gasteiger partial charge in [-0.15, -0.1) is 11.3 Å². The highest BCUT2D eigenvalue weighted by Crippen LogP contribution is 2.36. The van der Waals surface area contributed by atoms with E-state index in [4.69, 9.17) is 5.73 Å². The van der Waals surface area contributed by atoms with Gasteiger partial charge in [-0.3, -0.25) is 0 Å². The van der Waals surface area contributed by atoms with Gasteiger partial charge in [0.1, 0.15) is 0 Å². The molecule has 90 valence electrons. The first kappa shape index (κ1) is 12.3. The zero-order valence-electron chi connectivity index (χ0n) is 10.7. The van der Waals surface area contributed by atoms with Crippen LogP contribution in [0, 0.1) is 0 Å². The van der Waals surface area contributed by atoms with Crippen molar-refractivity contribution in [3.63, 3.8) is 0 Å². The maximum atomic E-state index is 5.68. The van der Waals surface area contributed by atoms with Crippen LogP contribution in [0.1, 0.15) is 31.2 Å². The van der Waals surface area contributed by atoms with Gasteiger partial charge < -0.3 is 5.73 Å². The van der Waals surface area contributed by atoms with Crippen molar-refractivity contribution < 1.29 is 0 Å². The first-order valence-electron chi connectivity index (χ1n) is 5.91. The van der Waals surface area contributed by atoms with E-state index in [0.29, 0.717) is 6.54 Å². The Hall–Kier alpha value is -1.12. The lowest BCUT2D eigenvalue weighted by Crippen LogP contribution is -2.12. The average molecular weight is 245 g/mol. The summed E-state index contributed by atoms with van der Waals surface area (Å²) in [5, 5.41) is 0. The van der Waals surface area contributed by atoms with E-state index in [-0.39, 0.29) is 5.41 Å². The lowest BCUT2D eigenvalue weighted by atomic mass is 9.83. The smallest absolute Gasteiger partial charge is 0.0349 e. The molecule has 1 heterocycles. The SMILES string of the molecule is CC(C)(C)c1ccccc1-c1ccc(CN)s1. The molecule has 1 aromatic heterocycles. The Kier molecular flexibility index (Phi) is 3.36. The van der Waals surface area contributed by atoms with Crippen LogP contribution < -0.4 is 5.73 Å². The van der Waals surface area contributed by atoms with Gasteiger partial charge in [0.05, 0.1) is 0 Å². The Labute approximate surface area is 107 Å². The zero-order valence-corrected chi connectivity index (χ0v) is 11.5. The van der Waals surface area contributed by atoms with Crippen LogP contribution in [0.15, 0.2) is 36.4 Å². The van der Waals surface area contributed by atoms with E-state index < -0.39 is 0 Å². The molecule has 0 spiro atoms. The molecule has 1 nitrogen and oxygen atoms in total. The molecule has 2 heteroatoms. The largest absolute Gasteiger partial charge is 0.326 e. The third-order valence-electron chi connectivity index (χ3n) is 2.86. The van der Waals surface area contributed by atoms with Crippen molar-refractivity contribution in [1.82, 2.24) is 0 Å². The predicted molar refractivity (Wildman–Crippen MR) is 76.3 cm³/mol. The standard InChI is InChI=1S/C15H19NS/c1-15(2,3)13-7-5-4-6-12(13)14-9-8-11(10-16)17-14/h4-9H,10,16H2,1-3H3. The summed E-state index contributed by atoms with van der Waals surface area (Å²) in [6, 6.07) is 12.9. The minimum Gasteiger partial charge on any atom is -0.326 e. The molecule has 0 fully saturated rings. The highest BCUT2D eigenvalue weighted by atomic mass is 32.1. The maximum Gasteiger partial charge on any atom is 0.0349 e. The Morgan fingerprint density at radius 2 is 1.76 bits per heavy atom. The number of nitrogens with two attached hydrogens (primary N) is 1. The summed E-state index contributed by atoms with van der Waals surface area (Å²) in [5.74, 6) is 0. The fraction of sp³-hybridized carbons (Fsp3) is 0.333. The molecular weight excluding hydrogens is 226 g/mol. The minimum atomic E-state index is 0.170. The molecule has 1 aromatic carbocycles. The van der Waals surface area contributed by atoms with Gasteiger partial charge in [0.2, 0.25) is 0 Å². The van der Waals surface area contributed by atoms with E-state index in [1.807, 2.05) is 0 Å². The van der Waals surface area contributed by atoms with Crippen molar-refractivity contribution >= 4 is 11.3 Å². The first-order chi connectivity index (χ1) is 8.02. The quantitative estimate of drug-likeness (QED) is 0.844. The topological polar surface area (TPSA) is 26.0 Å². The fourth-order valence-corrected chi connectivity index (χ4v) is 2.91. The number of benzene rings is 1. The molecule has 0 saturated heterocycles. The molecule has 0 unspecified atom stereocenters. The molecule has 0 radical (unpaired) electrons. The van der Waals surface area contributed by atoms with E-state index in [9.17, 15) is 0 Å². The lowest BCUT2D eigenvalue weighted by Gasteiger charge is -2.22. The van der Waals surface area contributed by atoms with Crippen LogP contribution in [-0.2, 0) is 12.0 Å². The molecule has 2 rings (SSSR count). The summed E-state index contributed by atoms with van der Waals surface area (Å²) in [7, 11) is 0. The lowest BCUT2D eigenvalue weighted by molar-refractivity contribution is 0.592. The molecular formula is C15H19NS. The summed E-state index contributed by atoms with van der Waals surface area (Å²) in [6.45, 7) is 7.39. The van der Waals surface area contributed by atoms with Crippen LogP contribution in [0.3, 0.4) is 0 Å². The Morgan fingerprint density at radius 1 is 1.06 bits per heavy atom. The van der Waals surface area contributed by atoms with Gasteiger partial charge in [-0.25, -0.2) is 0 Å². The van der Waals surface area contributed by atoms with Gasteiger partial charge in [0.25, 0.3) is 0 Å². The van der Waals surface area contributed by atoms with Crippen LogP contribution in [0.4, 0.5) is 0 Å². The number of hydrogen-bond acceptors (Lipinski definition) is 2. The summed E-state index contributed by atoms with van der Waals surface area (Å²) in [5.41, 5.74) is 8.58. The number of hydrogen-bond donors (Lipinski definition) is 1. The highest BCUT2D eigenvalue weighted by Gasteiger charge is 2.18. The van der Waals surface area contributed by atoms with Gasteiger partial charge in [0.15, 0.2) is 0 Å². The Balaban J connectivity index is 2.52. The molecule has 0 bridgehead atoms. The Bertz CT molecular complexity index is 506. The van der Waals surface area contributed by atoms with Crippen molar-refractivity contribution in [3.05, 3.63) is 46.8 Å². The summed E-state index contributed by atoms with van der Waals surface area (Å²) >= 11 is 1.79. The third-order valence-corrected chi connectivity index (χ3v) is 4.00. The van der Waals surface area contributed by atoms with Crippen LogP contribution in [0.5, 0.6) is 0 Å². The molecule has 0 amide bonds. The second-order valence-corrected chi connectivity index (χ2v) is 6.43. The van der Waals surface area contributed by atoms with E-state index in [1.54, 1.807) is 11.3 Å². The van der Waals surface area contributed by atoms with Crippen molar-refractivity contribution in [1.29, 1.82) is 0 Å². The fourth-order valence-electron chi connectivity index (χ4n) is 1.98. The van der Waals surface area contributed by atoms with Crippen molar-refractivity contribution in [2.24, 2.45) is 5.73 Å². The van der Waals surface area contributed by atoms with Gasteiger partial charge >= 0.3 is 0 Å². The second-order valence-electron chi connectivity index (χ2n) is 5.27. The van der Waals surface area contributed by atoms with Crippen molar-refractivity contribution in [2.45, 2.75) is 32.7 Å². The summed E-state index contributed by atoms with van der Waals surface area (Å²) in [4.78, 5) is 2.56. The van der Waals surface area contributed by atoms with E-state index in [0.717, 1.165) is 0 Å². The van der Waals surface area contributed by atoms with Gasteiger partial charge in [0, 0.05) is 16.3 Å². The van der Waals surface area contributed by atoms with Crippen LogP contribution in [-0.4, -0.2) is 0 Å². The summed E-state index contributed by atoms with van der Waals surface area (Å²) in [6.07, 6.45) is 0. The Morgan fingerprint density at radius 3 is 2.35 bits per heavy atom. The number of thiophene rings is 1. The van der Waals surface area contributed by atoms with E-state index >= 15 is 0 Å². The molecule has 0 aliphatic carbocycles. The monoisotopic (exact) mass is 245 g/mol. The maximum absolute atomic E-state index is 5.68. The van der Waals surface area contributed by atoms with E-state index in [2.05, 4.69) is 57.2 Å². The molecule has 0 aliphatic rings. The summed E-state index contributed by atoms with van der Waals surface area (Å²) < 4.78 is 0. The van der Waals surface area contributed by atoms with Crippen molar-refractivity contribution in [2.75, 3.05) is 0 Å². The van der Waals surface area contributed by atoms with E-state index in [1.165, 1.54) is 20.9 Å². The normalized spacial score (nSPS) is 11.8. The van der Waals surface area contributed by atoms with Gasteiger partial charge in [-0.05, 0) is 28.7 Å². The molecule has 17 heavy (non-hydrogen) atoms. The average Bonchev–Trinajstić information content (AvgIpc) is 2.76.